The van der Waals surface area contributed by atoms with E-state index < -0.39 is 11.4 Å². The standard InChI is InChI=1S/C9H16O3/c1-5-7-9(4,6-10)12-8(2,3)11-7/h6-7H,5H2,1-4H3/t7-,9+/m1/s1. The van der Waals surface area contributed by atoms with E-state index in [0.717, 1.165) is 12.7 Å². The lowest BCUT2D eigenvalue weighted by Gasteiger charge is -2.21. The van der Waals surface area contributed by atoms with Gasteiger partial charge in [0.05, 0.1) is 6.10 Å². The predicted molar refractivity (Wildman–Crippen MR) is 44.8 cm³/mol. The molecule has 0 spiro atoms. The Labute approximate surface area is 73.0 Å². The molecular weight excluding hydrogens is 156 g/mol. The molecule has 0 N–H and O–H groups in total. The molecule has 3 heteroatoms. The maximum Gasteiger partial charge on any atom is 0.164 e. The van der Waals surface area contributed by atoms with E-state index in [1.807, 2.05) is 20.8 Å². The van der Waals surface area contributed by atoms with Gasteiger partial charge in [-0.05, 0) is 27.2 Å². The van der Waals surface area contributed by atoms with Gasteiger partial charge < -0.3 is 14.3 Å². The molecule has 0 aromatic heterocycles. The summed E-state index contributed by atoms with van der Waals surface area (Å²) in [7, 11) is 0. The highest BCUT2D eigenvalue weighted by molar-refractivity contribution is 5.63. The molecule has 1 heterocycles. The van der Waals surface area contributed by atoms with E-state index in [4.69, 9.17) is 9.47 Å². The van der Waals surface area contributed by atoms with Gasteiger partial charge in [0.2, 0.25) is 0 Å². The first-order valence-electron chi connectivity index (χ1n) is 4.28. The maximum absolute atomic E-state index is 10.8. The second-order valence-corrected chi connectivity index (χ2v) is 3.82. The van der Waals surface area contributed by atoms with Gasteiger partial charge in [-0.3, -0.25) is 0 Å². The van der Waals surface area contributed by atoms with E-state index in [0.29, 0.717) is 0 Å². The minimum absolute atomic E-state index is 0.120. The van der Waals surface area contributed by atoms with Crippen LogP contribution in [0.15, 0.2) is 0 Å². The number of carbonyl (C=O) groups is 1. The summed E-state index contributed by atoms with van der Waals surface area (Å²) in [6.45, 7) is 7.40. The van der Waals surface area contributed by atoms with Crippen molar-refractivity contribution in [2.75, 3.05) is 0 Å². The van der Waals surface area contributed by atoms with Gasteiger partial charge in [-0.15, -0.1) is 0 Å². The van der Waals surface area contributed by atoms with Crippen LogP contribution < -0.4 is 0 Å². The van der Waals surface area contributed by atoms with Gasteiger partial charge in [0.25, 0.3) is 0 Å². The largest absolute Gasteiger partial charge is 0.344 e. The van der Waals surface area contributed by atoms with E-state index in [1.165, 1.54) is 0 Å². The van der Waals surface area contributed by atoms with Gasteiger partial charge >= 0.3 is 0 Å². The summed E-state index contributed by atoms with van der Waals surface area (Å²) in [5.74, 6) is -0.629. The highest BCUT2D eigenvalue weighted by Gasteiger charge is 2.49. The second kappa shape index (κ2) is 2.82. The number of rotatable bonds is 2. The molecule has 1 rings (SSSR count). The van der Waals surface area contributed by atoms with Gasteiger partial charge in [0.1, 0.15) is 5.60 Å². The molecule has 3 nitrogen and oxygen atoms in total. The van der Waals surface area contributed by atoms with Crippen LogP contribution in [-0.2, 0) is 14.3 Å². The normalized spacial score (nSPS) is 39.8. The Morgan fingerprint density at radius 1 is 1.42 bits per heavy atom. The van der Waals surface area contributed by atoms with Gasteiger partial charge in [-0.25, -0.2) is 0 Å². The van der Waals surface area contributed by atoms with Crippen molar-refractivity contribution in [1.29, 1.82) is 0 Å². The number of ether oxygens (including phenoxy) is 2. The Morgan fingerprint density at radius 2 is 2.00 bits per heavy atom. The van der Waals surface area contributed by atoms with E-state index in [-0.39, 0.29) is 6.10 Å². The van der Waals surface area contributed by atoms with Gasteiger partial charge in [-0.2, -0.15) is 0 Å². The van der Waals surface area contributed by atoms with Gasteiger partial charge in [0, 0.05) is 0 Å². The van der Waals surface area contributed by atoms with E-state index in [2.05, 4.69) is 0 Å². The highest BCUT2D eigenvalue weighted by atomic mass is 16.8. The molecule has 1 aliphatic rings. The minimum atomic E-state index is -0.766. The van der Waals surface area contributed by atoms with Crippen molar-refractivity contribution in [2.45, 2.75) is 51.6 Å². The number of carbonyl (C=O) groups excluding carboxylic acids is 1. The third kappa shape index (κ3) is 1.52. The average molecular weight is 172 g/mol. The van der Waals surface area contributed by atoms with E-state index in [1.54, 1.807) is 6.92 Å². The predicted octanol–water partition coefficient (Wildman–Crippen LogP) is 1.51. The Hall–Kier alpha value is -0.410. The summed E-state index contributed by atoms with van der Waals surface area (Å²) in [5, 5.41) is 0. The van der Waals surface area contributed by atoms with Crippen LogP contribution in [0.2, 0.25) is 0 Å². The van der Waals surface area contributed by atoms with Crippen molar-refractivity contribution < 1.29 is 14.3 Å². The fraction of sp³-hybridized carbons (Fsp3) is 0.889. The molecular formula is C9H16O3. The smallest absolute Gasteiger partial charge is 0.164 e. The van der Waals surface area contributed by atoms with Crippen molar-refractivity contribution in [3.8, 4) is 0 Å². The fourth-order valence-electron chi connectivity index (χ4n) is 1.67. The topological polar surface area (TPSA) is 35.5 Å². The first kappa shape index (κ1) is 9.68. The SMILES string of the molecule is CC[C@H]1OC(C)(C)O[C@@]1(C)C=O. The van der Waals surface area contributed by atoms with Crippen LogP contribution in [0.25, 0.3) is 0 Å². The second-order valence-electron chi connectivity index (χ2n) is 3.82. The van der Waals surface area contributed by atoms with Crippen LogP contribution in [0.4, 0.5) is 0 Å². The summed E-state index contributed by atoms with van der Waals surface area (Å²) in [6.07, 6.45) is 1.50. The molecule has 1 aliphatic heterocycles. The first-order chi connectivity index (χ1) is 5.43. The van der Waals surface area contributed by atoms with Crippen LogP contribution in [0.3, 0.4) is 0 Å². The molecule has 1 saturated heterocycles. The Balaban J connectivity index is 2.82. The molecule has 0 radical (unpaired) electrons. The minimum Gasteiger partial charge on any atom is -0.344 e. The lowest BCUT2D eigenvalue weighted by molar-refractivity contribution is -0.163. The lowest BCUT2D eigenvalue weighted by Crippen LogP contribution is -2.38. The van der Waals surface area contributed by atoms with Crippen LogP contribution in [0.1, 0.15) is 34.1 Å². The Morgan fingerprint density at radius 3 is 2.33 bits per heavy atom. The summed E-state index contributed by atoms with van der Waals surface area (Å²) in [5.41, 5.74) is -0.766. The van der Waals surface area contributed by atoms with Crippen LogP contribution in [-0.4, -0.2) is 23.8 Å². The summed E-state index contributed by atoms with van der Waals surface area (Å²) >= 11 is 0. The van der Waals surface area contributed by atoms with Crippen molar-refractivity contribution in [2.24, 2.45) is 0 Å². The monoisotopic (exact) mass is 172 g/mol. The number of aldehydes is 1. The Kier molecular flexibility index (Phi) is 2.27. The molecule has 12 heavy (non-hydrogen) atoms. The van der Waals surface area contributed by atoms with Crippen molar-refractivity contribution >= 4 is 6.29 Å². The quantitative estimate of drug-likeness (QED) is 0.592. The van der Waals surface area contributed by atoms with Crippen molar-refractivity contribution in [1.82, 2.24) is 0 Å². The average Bonchev–Trinajstić information content (AvgIpc) is 2.22. The molecule has 0 aliphatic carbocycles. The molecule has 70 valence electrons. The third-order valence-electron chi connectivity index (χ3n) is 2.14. The molecule has 0 unspecified atom stereocenters. The lowest BCUT2D eigenvalue weighted by atomic mass is 9.99. The molecule has 0 aromatic carbocycles. The van der Waals surface area contributed by atoms with Gasteiger partial charge in [-0.1, -0.05) is 6.92 Å². The molecule has 0 bridgehead atoms. The van der Waals surface area contributed by atoms with Gasteiger partial charge in [0.15, 0.2) is 12.1 Å². The zero-order chi connectivity index (χ0) is 9.41. The van der Waals surface area contributed by atoms with E-state index in [9.17, 15) is 4.79 Å². The molecule has 0 amide bonds. The molecule has 1 fully saturated rings. The maximum atomic E-state index is 10.8. The molecule has 0 aromatic rings. The zero-order valence-electron chi connectivity index (χ0n) is 8.09. The fourth-order valence-corrected chi connectivity index (χ4v) is 1.67. The number of hydrogen-bond donors (Lipinski definition) is 0. The summed E-state index contributed by atoms with van der Waals surface area (Å²) in [4.78, 5) is 10.8. The van der Waals surface area contributed by atoms with E-state index >= 15 is 0 Å². The summed E-state index contributed by atoms with van der Waals surface area (Å²) in [6, 6.07) is 0. The van der Waals surface area contributed by atoms with Crippen LogP contribution in [0.5, 0.6) is 0 Å². The zero-order valence-corrected chi connectivity index (χ0v) is 8.09. The van der Waals surface area contributed by atoms with Crippen LogP contribution >= 0.6 is 0 Å². The van der Waals surface area contributed by atoms with Crippen molar-refractivity contribution in [3.63, 3.8) is 0 Å². The molecule has 0 saturated carbocycles. The van der Waals surface area contributed by atoms with Crippen LogP contribution in [0, 0.1) is 0 Å². The Bertz CT molecular complexity index is 188. The number of hydrogen-bond acceptors (Lipinski definition) is 3. The third-order valence-corrected chi connectivity index (χ3v) is 2.14. The van der Waals surface area contributed by atoms with Crippen molar-refractivity contribution in [3.05, 3.63) is 0 Å². The summed E-state index contributed by atoms with van der Waals surface area (Å²) < 4.78 is 11.0. The highest BCUT2D eigenvalue weighted by Crippen LogP contribution is 2.36. The molecule has 2 atom stereocenters. The first-order valence-corrected chi connectivity index (χ1v) is 4.28.